The van der Waals surface area contributed by atoms with E-state index in [1.165, 1.54) is 10.4 Å². The maximum absolute atomic E-state index is 12.9. The highest BCUT2D eigenvalue weighted by molar-refractivity contribution is 7.89. The first kappa shape index (κ1) is 21.1. The summed E-state index contributed by atoms with van der Waals surface area (Å²) in [5, 5.41) is 2.69. The average molecular weight is 433 g/mol. The zero-order valence-corrected chi connectivity index (χ0v) is 18.0. The Morgan fingerprint density at radius 3 is 2.57 bits per heavy atom. The number of fused-ring (bicyclic) bond motifs is 2. The first-order valence-electron chi connectivity index (χ1n) is 10.6. The van der Waals surface area contributed by atoms with Gasteiger partial charge in [0.25, 0.3) is 5.91 Å². The van der Waals surface area contributed by atoms with E-state index < -0.39 is 15.9 Å². The second-order valence-electron chi connectivity index (χ2n) is 8.48. The molecule has 0 aromatic heterocycles. The molecule has 1 saturated carbocycles. The molecule has 2 aliphatic carbocycles. The molecule has 1 amide bonds. The summed E-state index contributed by atoms with van der Waals surface area (Å²) in [6.45, 7) is 2.46. The van der Waals surface area contributed by atoms with Crippen LogP contribution in [0.5, 0.6) is 0 Å². The summed E-state index contributed by atoms with van der Waals surface area (Å²) in [7, 11) is -3.59. The lowest BCUT2D eigenvalue weighted by molar-refractivity contribution is -0.152. The fourth-order valence-corrected chi connectivity index (χ4v) is 6.18. The van der Waals surface area contributed by atoms with Crippen LogP contribution < -0.4 is 5.32 Å². The first-order valence-corrected chi connectivity index (χ1v) is 12.0. The number of hydrogen-bond donors (Lipinski definition) is 1. The minimum atomic E-state index is -3.59. The van der Waals surface area contributed by atoms with Crippen LogP contribution >= 0.6 is 0 Å². The van der Waals surface area contributed by atoms with Crippen molar-refractivity contribution in [3.63, 3.8) is 0 Å². The van der Waals surface area contributed by atoms with Crippen molar-refractivity contribution in [1.82, 2.24) is 4.31 Å². The van der Waals surface area contributed by atoms with Crippen molar-refractivity contribution in [2.45, 2.75) is 43.9 Å². The van der Waals surface area contributed by atoms with E-state index in [2.05, 4.69) is 17.5 Å². The summed E-state index contributed by atoms with van der Waals surface area (Å²) >= 11 is 0. The molecular formula is C22H28N2O5S. The van der Waals surface area contributed by atoms with Crippen molar-refractivity contribution < 1.29 is 22.7 Å². The van der Waals surface area contributed by atoms with Gasteiger partial charge in [-0.25, -0.2) is 8.42 Å². The fourth-order valence-electron chi connectivity index (χ4n) is 4.63. The van der Waals surface area contributed by atoms with E-state index in [9.17, 15) is 18.0 Å². The number of ether oxygens (including phenoxy) is 1. The van der Waals surface area contributed by atoms with Gasteiger partial charge in [-0.05, 0) is 62.1 Å². The van der Waals surface area contributed by atoms with E-state index in [0.717, 1.165) is 37.7 Å². The summed E-state index contributed by atoms with van der Waals surface area (Å²) < 4.78 is 32.5. The van der Waals surface area contributed by atoms with Crippen LogP contribution in [0.4, 0.5) is 5.69 Å². The highest BCUT2D eigenvalue weighted by Crippen LogP contribution is 2.43. The first-order chi connectivity index (χ1) is 14.3. The predicted octanol–water partition coefficient (Wildman–Crippen LogP) is 2.86. The number of rotatable bonds is 6. The van der Waals surface area contributed by atoms with Gasteiger partial charge in [-0.3, -0.25) is 9.59 Å². The van der Waals surface area contributed by atoms with Crippen LogP contribution in [0.25, 0.3) is 0 Å². The molecule has 0 spiro atoms. The number of nitrogens with one attached hydrogen (secondary N) is 1. The summed E-state index contributed by atoms with van der Waals surface area (Å²) in [6.07, 6.45) is 8.75. The van der Waals surface area contributed by atoms with Gasteiger partial charge in [0.2, 0.25) is 10.0 Å². The molecule has 4 rings (SSSR count). The van der Waals surface area contributed by atoms with Crippen LogP contribution in [0.1, 0.15) is 37.7 Å². The molecule has 2 fully saturated rings. The second kappa shape index (κ2) is 8.51. The third-order valence-electron chi connectivity index (χ3n) is 6.36. The van der Waals surface area contributed by atoms with Gasteiger partial charge in [-0.2, -0.15) is 4.31 Å². The Bertz CT molecular complexity index is 966. The lowest BCUT2D eigenvalue weighted by Crippen LogP contribution is -2.35. The van der Waals surface area contributed by atoms with E-state index in [1.807, 2.05) is 0 Å². The van der Waals surface area contributed by atoms with Crippen molar-refractivity contribution in [2.75, 3.05) is 25.0 Å². The molecule has 1 aliphatic heterocycles. The van der Waals surface area contributed by atoms with Gasteiger partial charge in [0.05, 0.1) is 10.8 Å². The zero-order valence-electron chi connectivity index (χ0n) is 17.2. The number of sulfonamides is 1. The van der Waals surface area contributed by atoms with Crippen LogP contribution in [-0.4, -0.2) is 44.3 Å². The maximum Gasteiger partial charge on any atom is 0.310 e. The smallest absolute Gasteiger partial charge is 0.310 e. The SMILES string of the molecule is Cc1ccc(S(=O)(=O)N2CCCCC2)cc1NC(=O)COC(=O)[C@H]1C[C@H]2C=C[C@H]1C2. The molecule has 3 aliphatic rings. The minimum Gasteiger partial charge on any atom is -0.455 e. The van der Waals surface area contributed by atoms with Gasteiger partial charge in [-0.15, -0.1) is 0 Å². The Morgan fingerprint density at radius 2 is 1.90 bits per heavy atom. The molecule has 30 heavy (non-hydrogen) atoms. The van der Waals surface area contributed by atoms with Gasteiger partial charge in [0.1, 0.15) is 0 Å². The topological polar surface area (TPSA) is 92.8 Å². The molecule has 7 nitrogen and oxygen atoms in total. The molecule has 1 saturated heterocycles. The highest BCUT2D eigenvalue weighted by Gasteiger charge is 2.40. The Balaban J connectivity index is 1.38. The van der Waals surface area contributed by atoms with Crippen molar-refractivity contribution in [2.24, 2.45) is 17.8 Å². The number of carbonyl (C=O) groups is 2. The second-order valence-corrected chi connectivity index (χ2v) is 10.4. The van der Waals surface area contributed by atoms with Gasteiger partial charge in [0, 0.05) is 18.8 Å². The summed E-state index contributed by atoms with van der Waals surface area (Å²) in [5.74, 6) is -0.288. The monoisotopic (exact) mass is 432 g/mol. The van der Waals surface area contributed by atoms with Crippen molar-refractivity contribution in [3.8, 4) is 0 Å². The number of amides is 1. The molecule has 1 aromatic rings. The van der Waals surface area contributed by atoms with E-state index in [4.69, 9.17) is 4.74 Å². The molecule has 3 atom stereocenters. The van der Waals surface area contributed by atoms with Crippen molar-refractivity contribution in [1.29, 1.82) is 0 Å². The Labute approximate surface area is 177 Å². The third kappa shape index (κ3) is 4.30. The van der Waals surface area contributed by atoms with Crippen molar-refractivity contribution in [3.05, 3.63) is 35.9 Å². The van der Waals surface area contributed by atoms with Gasteiger partial charge < -0.3 is 10.1 Å². The number of esters is 1. The van der Waals surface area contributed by atoms with Gasteiger partial charge in [-0.1, -0.05) is 24.6 Å². The predicted molar refractivity (Wildman–Crippen MR) is 112 cm³/mol. The fraction of sp³-hybridized carbons (Fsp3) is 0.545. The normalized spacial score (nSPS) is 26.0. The van der Waals surface area contributed by atoms with E-state index in [-0.39, 0.29) is 29.3 Å². The van der Waals surface area contributed by atoms with Crippen LogP contribution in [0.15, 0.2) is 35.2 Å². The molecule has 1 N–H and O–H groups in total. The number of carbonyl (C=O) groups excluding carboxylic acids is 2. The van der Waals surface area contributed by atoms with E-state index in [0.29, 0.717) is 24.7 Å². The standard InChI is InChI=1S/C22H28N2O5S/c1-15-5-8-18(30(27,28)24-9-3-2-4-10-24)13-20(15)23-21(25)14-29-22(26)19-12-16-6-7-17(19)11-16/h5-8,13,16-17,19H,2-4,9-12,14H2,1H3,(H,23,25)/t16-,17-,19-/m0/s1. The summed E-state index contributed by atoms with van der Waals surface area (Å²) in [4.78, 5) is 24.8. The molecule has 0 radical (unpaired) electrons. The van der Waals surface area contributed by atoms with Crippen molar-refractivity contribution >= 4 is 27.6 Å². The highest BCUT2D eigenvalue weighted by atomic mass is 32.2. The Kier molecular flexibility index (Phi) is 5.97. The summed E-state index contributed by atoms with van der Waals surface area (Å²) in [6, 6.07) is 4.73. The number of allylic oxidation sites excluding steroid dienone is 2. The van der Waals surface area contributed by atoms with E-state index in [1.54, 1.807) is 19.1 Å². The molecule has 2 bridgehead atoms. The molecule has 1 heterocycles. The Morgan fingerprint density at radius 1 is 1.13 bits per heavy atom. The Hall–Kier alpha value is -2.19. The number of piperidine rings is 1. The molecule has 0 unspecified atom stereocenters. The summed E-state index contributed by atoms with van der Waals surface area (Å²) in [5.41, 5.74) is 1.16. The largest absolute Gasteiger partial charge is 0.455 e. The average Bonchev–Trinajstić information content (AvgIpc) is 3.38. The van der Waals surface area contributed by atoms with Crippen LogP contribution in [0, 0.1) is 24.7 Å². The van der Waals surface area contributed by atoms with Gasteiger partial charge >= 0.3 is 5.97 Å². The number of aryl methyl sites for hydroxylation is 1. The van der Waals surface area contributed by atoms with Crippen LogP contribution in [0.2, 0.25) is 0 Å². The van der Waals surface area contributed by atoms with Crippen LogP contribution in [-0.2, 0) is 24.3 Å². The third-order valence-corrected chi connectivity index (χ3v) is 8.26. The number of anilines is 1. The minimum absolute atomic E-state index is 0.160. The molecule has 162 valence electrons. The van der Waals surface area contributed by atoms with Crippen LogP contribution in [0.3, 0.4) is 0 Å². The molecule has 1 aromatic carbocycles. The number of nitrogens with zero attached hydrogens (tertiary/aromatic N) is 1. The maximum atomic E-state index is 12.9. The number of benzene rings is 1. The zero-order chi connectivity index (χ0) is 21.3. The quantitative estimate of drug-likeness (QED) is 0.551. The number of hydrogen-bond acceptors (Lipinski definition) is 5. The molecule has 8 heteroatoms. The van der Waals surface area contributed by atoms with E-state index >= 15 is 0 Å². The van der Waals surface area contributed by atoms with Gasteiger partial charge in [0.15, 0.2) is 6.61 Å². The lowest BCUT2D eigenvalue weighted by atomic mass is 9.94. The lowest BCUT2D eigenvalue weighted by Gasteiger charge is -2.26. The molecular weight excluding hydrogens is 404 g/mol.